The van der Waals surface area contributed by atoms with Crippen molar-refractivity contribution >= 4 is 11.8 Å². The van der Waals surface area contributed by atoms with Crippen molar-refractivity contribution in [3.05, 3.63) is 23.3 Å². The van der Waals surface area contributed by atoms with E-state index in [1.54, 1.807) is 6.92 Å². The maximum absolute atomic E-state index is 13.0. The third-order valence-corrected chi connectivity index (χ3v) is 10.7. The molecule has 196 valence electrons. The number of ether oxygens (including phenoxy) is 1. The second kappa shape index (κ2) is 8.23. The molecule has 0 spiro atoms. The van der Waals surface area contributed by atoms with Crippen LogP contribution in [0, 0.1) is 22.7 Å². The third kappa shape index (κ3) is 3.38. The van der Waals surface area contributed by atoms with Gasteiger partial charge >= 0.3 is 5.97 Å². The zero-order valence-corrected chi connectivity index (χ0v) is 21.9. The van der Waals surface area contributed by atoms with Crippen LogP contribution < -0.4 is 0 Å². The van der Waals surface area contributed by atoms with Gasteiger partial charge in [0.05, 0.1) is 11.5 Å². The molecule has 0 aromatic rings. The quantitative estimate of drug-likeness (QED) is 0.271. The zero-order valence-electron chi connectivity index (χ0n) is 21.9. The Kier molecular flexibility index (Phi) is 6.24. The smallest absolute Gasteiger partial charge is 0.330 e. The molecule has 0 aliphatic heterocycles. The average molecular weight is 491 g/mol. The van der Waals surface area contributed by atoms with Gasteiger partial charge in [0.15, 0.2) is 5.78 Å². The summed E-state index contributed by atoms with van der Waals surface area (Å²) >= 11 is 0. The van der Waals surface area contributed by atoms with E-state index in [9.17, 15) is 30.0 Å². The minimum absolute atomic E-state index is 0.0172. The molecule has 0 amide bonds. The molecule has 0 saturated heterocycles. The summed E-state index contributed by atoms with van der Waals surface area (Å²) in [6, 6.07) is 0. The highest BCUT2D eigenvalue weighted by atomic mass is 16.5. The number of Topliss-reactive ketones (excluding diaryl/α,β-unsaturated/α-hetero) is 1. The standard InChI is InChI=1S/C28H42O7/c1-16(2)17(3)13-23(31)35-22-15-21-24(5)9-8-20(30)14-19(24)7-10-27(21,33)28(34)12-11-26(32,18(4)29)25(22,28)6/h7,13,16,20-22,30,32-34H,8-12,14-15H2,1-6H3/b17-13-/t20-,21+,22+,24+,25+,26-,27-,28+/m0/s1. The van der Waals surface area contributed by atoms with Gasteiger partial charge in [0.1, 0.15) is 22.9 Å². The fourth-order valence-electron chi connectivity index (χ4n) is 7.90. The van der Waals surface area contributed by atoms with Gasteiger partial charge in [-0.2, -0.15) is 0 Å². The predicted octanol–water partition coefficient (Wildman–Crippen LogP) is 2.98. The number of esters is 1. The van der Waals surface area contributed by atoms with Gasteiger partial charge in [-0.15, -0.1) is 0 Å². The van der Waals surface area contributed by atoms with Gasteiger partial charge in [0.25, 0.3) is 0 Å². The Balaban J connectivity index is 1.85. The molecule has 0 bridgehead atoms. The Morgan fingerprint density at radius 1 is 1.11 bits per heavy atom. The molecular formula is C28H42O7. The summed E-state index contributed by atoms with van der Waals surface area (Å²) in [7, 11) is 0. The summed E-state index contributed by atoms with van der Waals surface area (Å²) in [5.74, 6) is -1.41. The van der Waals surface area contributed by atoms with Gasteiger partial charge < -0.3 is 25.2 Å². The van der Waals surface area contributed by atoms with E-state index in [0.717, 1.165) is 11.1 Å². The van der Waals surface area contributed by atoms with E-state index >= 15 is 0 Å². The predicted molar refractivity (Wildman–Crippen MR) is 130 cm³/mol. The highest BCUT2D eigenvalue weighted by Gasteiger charge is 2.81. The molecular weight excluding hydrogens is 448 g/mol. The lowest BCUT2D eigenvalue weighted by atomic mass is 9.42. The van der Waals surface area contributed by atoms with Crippen molar-refractivity contribution in [2.45, 2.75) is 115 Å². The van der Waals surface area contributed by atoms with E-state index in [4.69, 9.17) is 4.74 Å². The number of hydrogen-bond donors (Lipinski definition) is 4. The molecule has 7 nitrogen and oxygen atoms in total. The number of allylic oxidation sites excluding steroid dienone is 1. The minimum Gasteiger partial charge on any atom is -0.458 e. The van der Waals surface area contributed by atoms with Crippen LogP contribution in [0.3, 0.4) is 0 Å². The molecule has 4 aliphatic rings. The highest BCUT2D eigenvalue weighted by Crippen LogP contribution is 2.70. The molecule has 3 saturated carbocycles. The first kappa shape index (κ1) is 26.5. The summed E-state index contributed by atoms with van der Waals surface area (Å²) < 4.78 is 6.01. The van der Waals surface area contributed by atoms with Crippen LogP contribution in [-0.4, -0.2) is 61.2 Å². The van der Waals surface area contributed by atoms with Crippen molar-refractivity contribution in [3.8, 4) is 0 Å². The Morgan fingerprint density at radius 3 is 2.37 bits per heavy atom. The average Bonchev–Trinajstić information content (AvgIpc) is 3.00. The van der Waals surface area contributed by atoms with E-state index in [1.165, 1.54) is 13.0 Å². The monoisotopic (exact) mass is 490 g/mol. The SMILES string of the molecule is CC(=O)[C@@]1(O)CC[C@@]2(O)[C@]1(C)[C@H](OC(=O)/C=C(/C)C(C)C)C[C@@H]1[C@]3(C)CC[C@H](O)CC3=CC[C@]12O. The fourth-order valence-corrected chi connectivity index (χ4v) is 7.90. The normalized spacial score (nSPS) is 47.5. The Bertz CT molecular complexity index is 984. The number of aliphatic hydroxyl groups excluding tert-OH is 1. The maximum Gasteiger partial charge on any atom is 0.330 e. The van der Waals surface area contributed by atoms with E-state index in [2.05, 4.69) is 6.92 Å². The number of fused-ring (bicyclic) bond motifs is 5. The van der Waals surface area contributed by atoms with E-state index < -0.39 is 57.5 Å². The van der Waals surface area contributed by atoms with Gasteiger partial charge in [-0.05, 0) is 77.0 Å². The Hall–Kier alpha value is -1.54. The fraction of sp³-hybridized carbons (Fsp3) is 0.786. The van der Waals surface area contributed by atoms with Crippen molar-refractivity contribution in [2.24, 2.45) is 22.7 Å². The number of hydrogen-bond acceptors (Lipinski definition) is 7. The van der Waals surface area contributed by atoms with Gasteiger partial charge in [-0.3, -0.25) is 4.79 Å². The summed E-state index contributed by atoms with van der Waals surface area (Å²) in [6.07, 6.45) is 4.01. The Morgan fingerprint density at radius 2 is 1.77 bits per heavy atom. The molecule has 4 N–H and O–H groups in total. The van der Waals surface area contributed by atoms with Crippen LogP contribution in [0.15, 0.2) is 23.3 Å². The van der Waals surface area contributed by atoms with Crippen molar-refractivity contribution in [1.29, 1.82) is 0 Å². The zero-order chi connectivity index (χ0) is 26.2. The molecule has 7 heteroatoms. The van der Waals surface area contributed by atoms with Crippen LogP contribution in [0.5, 0.6) is 0 Å². The maximum atomic E-state index is 13.0. The van der Waals surface area contributed by atoms with Gasteiger partial charge in [-0.25, -0.2) is 4.79 Å². The second-order valence-corrected chi connectivity index (χ2v) is 12.4. The summed E-state index contributed by atoms with van der Waals surface area (Å²) in [6.45, 7) is 10.7. The number of rotatable bonds is 4. The molecule has 0 radical (unpaired) electrons. The molecule has 8 atom stereocenters. The Labute approximate surface area is 208 Å². The van der Waals surface area contributed by atoms with E-state index in [1.807, 2.05) is 26.8 Å². The first-order valence-electron chi connectivity index (χ1n) is 13.0. The third-order valence-electron chi connectivity index (χ3n) is 10.7. The lowest BCUT2D eigenvalue weighted by Crippen LogP contribution is -2.78. The largest absolute Gasteiger partial charge is 0.458 e. The number of aliphatic hydroxyl groups is 4. The minimum atomic E-state index is -1.95. The molecule has 35 heavy (non-hydrogen) atoms. The highest BCUT2D eigenvalue weighted by molar-refractivity contribution is 5.87. The van der Waals surface area contributed by atoms with Gasteiger partial charge in [0, 0.05) is 12.0 Å². The van der Waals surface area contributed by atoms with Crippen LogP contribution in [0.25, 0.3) is 0 Å². The van der Waals surface area contributed by atoms with Crippen LogP contribution in [0.1, 0.15) is 86.5 Å². The van der Waals surface area contributed by atoms with Gasteiger partial charge in [-0.1, -0.05) is 38.0 Å². The van der Waals surface area contributed by atoms with Crippen molar-refractivity contribution in [1.82, 2.24) is 0 Å². The molecule has 0 unspecified atom stereocenters. The second-order valence-electron chi connectivity index (χ2n) is 12.4. The van der Waals surface area contributed by atoms with Crippen LogP contribution in [0.4, 0.5) is 0 Å². The summed E-state index contributed by atoms with van der Waals surface area (Å²) in [5.41, 5.74) is -5.62. The molecule has 0 heterocycles. The van der Waals surface area contributed by atoms with E-state index in [0.29, 0.717) is 19.3 Å². The van der Waals surface area contributed by atoms with Crippen LogP contribution in [0.2, 0.25) is 0 Å². The van der Waals surface area contributed by atoms with E-state index in [-0.39, 0.29) is 31.6 Å². The number of ketones is 1. The molecule has 0 aromatic heterocycles. The topological polar surface area (TPSA) is 124 Å². The molecule has 3 fully saturated rings. The lowest BCUT2D eigenvalue weighted by molar-refractivity contribution is -0.314. The molecule has 4 aliphatic carbocycles. The summed E-state index contributed by atoms with van der Waals surface area (Å²) in [5, 5.41) is 46.7. The number of carbonyl (C=O) groups is 2. The lowest BCUT2D eigenvalue weighted by Gasteiger charge is -2.67. The first-order chi connectivity index (χ1) is 16.1. The van der Waals surface area contributed by atoms with Crippen LogP contribution in [-0.2, 0) is 14.3 Å². The van der Waals surface area contributed by atoms with Crippen LogP contribution >= 0.6 is 0 Å². The van der Waals surface area contributed by atoms with Crippen molar-refractivity contribution < 1.29 is 34.8 Å². The van der Waals surface area contributed by atoms with Crippen molar-refractivity contribution in [2.75, 3.05) is 0 Å². The summed E-state index contributed by atoms with van der Waals surface area (Å²) in [4.78, 5) is 25.9. The first-order valence-corrected chi connectivity index (χ1v) is 13.0. The molecule has 4 rings (SSSR count). The van der Waals surface area contributed by atoms with Gasteiger partial charge in [0.2, 0.25) is 0 Å². The van der Waals surface area contributed by atoms with Crippen molar-refractivity contribution in [3.63, 3.8) is 0 Å². The molecule has 0 aromatic carbocycles. The number of carbonyl (C=O) groups excluding carboxylic acids is 2.